The Kier molecular flexibility index (Phi) is 4.34. The molecule has 2 amide bonds. The number of carbonyl (C=O) groups is 2. The van der Waals surface area contributed by atoms with Gasteiger partial charge in [0.05, 0.1) is 5.92 Å². The van der Waals surface area contributed by atoms with Gasteiger partial charge in [-0.05, 0) is 12.8 Å². The van der Waals surface area contributed by atoms with Gasteiger partial charge in [0.25, 0.3) is 0 Å². The Morgan fingerprint density at radius 3 is 3.00 bits per heavy atom. The summed E-state index contributed by atoms with van der Waals surface area (Å²) in [5, 5.41) is 2.67. The van der Waals surface area contributed by atoms with Gasteiger partial charge in [-0.25, -0.2) is 0 Å². The van der Waals surface area contributed by atoms with Crippen molar-refractivity contribution in [3.8, 4) is 0 Å². The van der Waals surface area contributed by atoms with Crippen LogP contribution in [0.4, 0.5) is 0 Å². The van der Waals surface area contributed by atoms with Crippen LogP contribution < -0.4 is 5.32 Å². The van der Waals surface area contributed by atoms with Crippen molar-refractivity contribution in [3.05, 3.63) is 12.7 Å². The Balaban J connectivity index is 2.32. The van der Waals surface area contributed by atoms with Gasteiger partial charge in [-0.1, -0.05) is 6.08 Å². The van der Waals surface area contributed by atoms with E-state index in [0.29, 0.717) is 13.0 Å². The average Bonchev–Trinajstić information content (AvgIpc) is 2.64. The van der Waals surface area contributed by atoms with Crippen LogP contribution in [0.3, 0.4) is 0 Å². The summed E-state index contributed by atoms with van der Waals surface area (Å²) in [5.41, 5.74) is 0. The summed E-state index contributed by atoms with van der Waals surface area (Å²) in [7, 11) is 1.79. The van der Waals surface area contributed by atoms with Crippen molar-refractivity contribution in [2.45, 2.75) is 19.3 Å². The number of nitrogens with one attached hydrogen (secondary N) is 1. The first-order valence-corrected chi connectivity index (χ1v) is 5.27. The number of hydrogen-bond acceptors (Lipinski definition) is 2. The minimum absolute atomic E-state index is 0.0205. The van der Waals surface area contributed by atoms with E-state index < -0.39 is 0 Å². The lowest BCUT2D eigenvalue weighted by Gasteiger charge is -2.19. The summed E-state index contributed by atoms with van der Waals surface area (Å²) >= 11 is 0. The number of allylic oxidation sites excluding steroid dienone is 1. The molecule has 4 nitrogen and oxygen atoms in total. The molecule has 1 N–H and O–H groups in total. The zero-order valence-electron chi connectivity index (χ0n) is 9.16. The fraction of sp³-hybridized carbons (Fsp3) is 0.636. The molecule has 4 heteroatoms. The smallest absolute Gasteiger partial charge is 0.227 e. The molecule has 0 aromatic carbocycles. The second-order valence-electron chi connectivity index (χ2n) is 3.90. The number of amides is 2. The standard InChI is InChI=1S/C11H18N2O2/c1-3-4-5-6-13(2)11(15)9-7-10(14)12-8-9/h3,9H,1,4-8H2,2H3,(H,12,14). The van der Waals surface area contributed by atoms with Crippen LogP contribution in [0.2, 0.25) is 0 Å². The highest BCUT2D eigenvalue weighted by atomic mass is 16.2. The summed E-state index contributed by atoms with van der Waals surface area (Å²) in [6.07, 6.45) is 4.03. The number of hydrogen-bond donors (Lipinski definition) is 1. The summed E-state index contributed by atoms with van der Waals surface area (Å²) < 4.78 is 0. The SMILES string of the molecule is C=CCCCN(C)C(=O)C1CNC(=O)C1. The fourth-order valence-electron chi connectivity index (χ4n) is 1.67. The van der Waals surface area contributed by atoms with Crippen molar-refractivity contribution in [3.63, 3.8) is 0 Å². The number of nitrogens with zero attached hydrogens (tertiary/aromatic N) is 1. The monoisotopic (exact) mass is 210 g/mol. The molecule has 1 aliphatic rings. The van der Waals surface area contributed by atoms with E-state index in [4.69, 9.17) is 0 Å². The van der Waals surface area contributed by atoms with E-state index in [1.165, 1.54) is 0 Å². The molecule has 1 fully saturated rings. The van der Waals surface area contributed by atoms with E-state index >= 15 is 0 Å². The van der Waals surface area contributed by atoms with E-state index in [-0.39, 0.29) is 17.7 Å². The Labute approximate surface area is 90.3 Å². The molecule has 84 valence electrons. The largest absolute Gasteiger partial charge is 0.355 e. The van der Waals surface area contributed by atoms with Crippen LogP contribution >= 0.6 is 0 Å². The van der Waals surface area contributed by atoms with Crippen LogP contribution in [0.1, 0.15) is 19.3 Å². The van der Waals surface area contributed by atoms with E-state index in [9.17, 15) is 9.59 Å². The van der Waals surface area contributed by atoms with Crippen LogP contribution in [0, 0.1) is 5.92 Å². The minimum Gasteiger partial charge on any atom is -0.355 e. The highest BCUT2D eigenvalue weighted by Crippen LogP contribution is 2.12. The van der Waals surface area contributed by atoms with Crippen molar-refractivity contribution in [1.82, 2.24) is 10.2 Å². The second kappa shape index (κ2) is 5.53. The number of unbranched alkanes of at least 4 members (excludes halogenated alkanes) is 1. The maximum atomic E-state index is 11.8. The molecular weight excluding hydrogens is 192 g/mol. The van der Waals surface area contributed by atoms with Gasteiger partial charge in [-0.15, -0.1) is 6.58 Å². The molecule has 1 saturated heterocycles. The lowest BCUT2D eigenvalue weighted by molar-refractivity contribution is -0.134. The van der Waals surface area contributed by atoms with E-state index in [1.807, 2.05) is 6.08 Å². The van der Waals surface area contributed by atoms with Gasteiger partial charge >= 0.3 is 0 Å². The molecule has 1 aliphatic heterocycles. The predicted molar refractivity (Wildman–Crippen MR) is 58.2 cm³/mol. The van der Waals surface area contributed by atoms with E-state index in [1.54, 1.807) is 11.9 Å². The zero-order valence-corrected chi connectivity index (χ0v) is 9.16. The van der Waals surface area contributed by atoms with Gasteiger partial charge in [0, 0.05) is 26.6 Å². The van der Waals surface area contributed by atoms with Crippen LogP contribution in [-0.4, -0.2) is 36.9 Å². The topological polar surface area (TPSA) is 49.4 Å². The molecule has 1 unspecified atom stereocenters. The average molecular weight is 210 g/mol. The summed E-state index contributed by atoms with van der Waals surface area (Å²) in [5.74, 6) is -0.114. The van der Waals surface area contributed by atoms with Gasteiger partial charge in [0.1, 0.15) is 0 Å². The highest BCUT2D eigenvalue weighted by Gasteiger charge is 2.29. The third-order valence-electron chi connectivity index (χ3n) is 2.60. The first-order chi connectivity index (χ1) is 7.15. The molecular formula is C11H18N2O2. The molecule has 0 bridgehead atoms. The van der Waals surface area contributed by atoms with Gasteiger partial charge in [-0.2, -0.15) is 0 Å². The Hall–Kier alpha value is -1.32. The van der Waals surface area contributed by atoms with Crippen molar-refractivity contribution in [1.29, 1.82) is 0 Å². The lowest BCUT2D eigenvalue weighted by Crippen LogP contribution is -2.34. The Bertz CT molecular complexity index is 263. The Morgan fingerprint density at radius 2 is 2.47 bits per heavy atom. The van der Waals surface area contributed by atoms with Gasteiger partial charge in [-0.3, -0.25) is 9.59 Å². The normalized spacial score (nSPS) is 19.8. The van der Waals surface area contributed by atoms with Crippen LogP contribution in [0.25, 0.3) is 0 Å². The van der Waals surface area contributed by atoms with Crippen LogP contribution in [-0.2, 0) is 9.59 Å². The first kappa shape index (κ1) is 11.8. The quantitative estimate of drug-likeness (QED) is 0.532. The van der Waals surface area contributed by atoms with Crippen LogP contribution in [0.5, 0.6) is 0 Å². The molecule has 1 heterocycles. The maximum absolute atomic E-state index is 11.8. The van der Waals surface area contributed by atoms with Gasteiger partial charge in [0.15, 0.2) is 0 Å². The predicted octanol–water partition coefficient (Wildman–Crippen LogP) is 0.547. The molecule has 0 aliphatic carbocycles. The number of carbonyl (C=O) groups excluding carboxylic acids is 2. The molecule has 0 radical (unpaired) electrons. The highest BCUT2D eigenvalue weighted by molar-refractivity contribution is 5.89. The third-order valence-corrected chi connectivity index (χ3v) is 2.60. The van der Waals surface area contributed by atoms with Gasteiger partial charge < -0.3 is 10.2 Å². The summed E-state index contributed by atoms with van der Waals surface area (Å²) in [6, 6.07) is 0. The maximum Gasteiger partial charge on any atom is 0.227 e. The molecule has 1 rings (SSSR count). The molecule has 1 atom stereocenters. The minimum atomic E-state index is -0.161. The van der Waals surface area contributed by atoms with Crippen LogP contribution in [0.15, 0.2) is 12.7 Å². The van der Waals surface area contributed by atoms with Crippen molar-refractivity contribution in [2.75, 3.05) is 20.1 Å². The molecule has 0 aromatic rings. The molecule has 0 saturated carbocycles. The fourth-order valence-corrected chi connectivity index (χ4v) is 1.67. The van der Waals surface area contributed by atoms with E-state index in [2.05, 4.69) is 11.9 Å². The summed E-state index contributed by atoms with van der Waals surface area (Å²) in [4.78, 5) is 24.4. The number of rotatable bonds is 5. The van der Waals surface area contributed by atoms with Crippen molar-refractivity contribution >= 4 is 11.8 Å². The van der Waals surface area contributed by atoms with Gasteiger partial charge in [0.2, 0.25) is 11.8 Å². The van der Waals surface area contributed by atoms with E-state index in [0.717, 1.165) is 19.4 Å². The lowest BCUT2D eigenvalue weighted by atomic mass is 10.1. The third kappa shape index (κ3) is 3.38. The van der Waals surface area contributed by atoms with Crippen molar-refractivity contribution < 1.29 is 9.59 Å². The summed E-state index contributed by atoms with van der Waals surface area (Å²) in [6.45, 7) is 4.85. The van der Waals surface area contributed by atoms with Crippen molar-refractivity contribution in [2.24, 2.45) is 5.92 Å². The molecule has 15 heavy (non-hydrogen) atoms. The molecule has 0 aromatic heterocycles. The molecule has 0 spiro atoms. The zero-order chi connectivity index (χ0) is 11.3. The first-order valence-electron chi connectivity index (χ1n) is 5.27. The Morgan fingerprint density at radius 1 is 1.73 bits per heavy atom. The second-order valence-corrected chi connectivity index (χ2v) is 3.90.